The van der Waals surface area contributed by atoms with Gasteiger partial charge in [0.25, 0.3) is 0 Å². The van der Waals surface area contributed by atoms with Crippen LogP contribution < -0.4 is 10.0 Å². The molecule has 7 heteroatoms. The van der Waals surface area contributed by atoms with Crippen LogP contribution in [0.1, 0.15) is 33.6 Å². The van der Waals surface area contributed by atoms with E-state index in [-0.39, 0.29) is 11.8 Å². The summed E-state index contributed by atoms with van der Waals surface area (Å²) in [5.41, 5.74) is 1.32. The smallest absolute Gasteiger partial charge is 0.159 e. The van der Waals surface area contributed by atoms with Gasteiger partial charge < -0.3 is 23.8 Å². The molecule has 2 aromatic heterocycles. The lowest BCUT2D eigenvalue weighted by Gasteiger charge is -2.34. The average molecular weight is 358 g/mol. The second-order valence-corrected chi connectivity index (χ2v) is 6.36. The summed E-state index contributed by atoms with van der Waals surface area (Å²) < 4.78 is 35.2. The number of carbonyl (C=O) groups is 1. The molecule has 0 bridgehead atoms. The van der Waals surface area contributed by atoms with Crippen molar-refractivity contribution in [3.8, 4) is 0 Å². The van der Waals surface area contributed by atoms with Gasteiger partial charge >= 0.3 is 0 Å². The highest BCUT2D eigenvalue weighted by atomic mass is 19.1. The van der Waals surface area contributed by atoms with Gasteiger partial charge in [-0.1, -0.05) is 0 Å². The molecule has 1 N–H and O–H groups in total. The quantitative estimate of drug-likeness (QED) is 0.754. The molecule has 2 atom stereocenters. The summed E-state index contributed by atoms with van der Waals surface area (Å²) in [6.45, 7) is 1.80. The molecule has 1 aromatic carbocycles. The number of rotatable bonds is 4. The van der Waals surface area contributed by atoms with Gasteiger partial charge in [0.05, 0.1) is 24.3 Å². The van der Waals surface area contributed by atoms with E-state index < -0.39 is 17.6 Å². The maximum atomic E-state index is 14.5. The minimum absolute atomic E-state index is 0.232. The first kappa shape index (κ1) is 16.5. The molecule has 0 saturated heterocycles. The Morgan fingerprint density at radius 3 is 2.85 bits per heavy atom. The second kappa shape index (κ2) is 6.42. The normalized spacial score (nSPS) is 19.3. The van der Waals surface area contributed by atoms with Crippen LogP contribution in [-0.4, -0.2) is 17.1 Å². The zero-order valence-corrected chi connectivity index (χ0v) is 13.7. The van der Waals surface area contributed by atoms with E-state index in [0.29, 0.717) is 24.4 Å². The molecule has 3 heterocycles. The van der Waals surface area contributed by atoms with Gasteiger partial charge in [0.1, 0.15) is 29.9 Å². The van der Waals surface area contributed by atoms with Crippen molar-refractivity contribution < 1.29 is 28.0 Å². The third-order valence-corrected chi connectivity index (χ3v) is 4.78. The van der Waals surface area contributed by atoms with Gasteiger partial charge in [-0.3, -0.25) is 0 Å². The number of nitrogens with one attached hydrogen (secondary N) is 1. The van der Waals surface area contributed by atoms with Crippen LogP contribution in [-0.2, 0) is 13.1 Å². The highest BCUT2D eigenvalue weighted by Gasteiger charge is 2.35. The molecule has 0 saturated carbocycles. The molecule has 0 aliphatic carbocycles. The predicted octanol–water partition coefficient (Wildman–Crippen LogP) is 0.911. The van der Waals surface area contributed by atoms with Crippen LogP contribution in [0.3, 0.4) is 0 Å². The van der Waals surface area contributed by atoms with E-state index in [1.165, 1.54) is 18.2 Å². The van der Waals surface area contributed by atoms with Gasteiger partial charge in [-0.05, 0) is 36.4 Å². The monoisotopic (exact) mass is 358 g/mol. The third kappa shape index (κ3) is 2.90. The Balaban J connectivity index is 1.71. The first-order valence-electron chi connectivity index (χ1n) is 8.27. The van der Waals surface area contributed by atoms with Gasteiger partial charge in [0.2, 0.25) is 0 Å². The number of carboxylic acid groups (broad SMARTS) is 1. The van der Waals surface area contributed by atoms with E-state index in [9.17, 15) is 18.7 Å². The average Bonchev–Trinajstić information content (AvgIpc) is 3.25. The van der Waals surface area contributed by atoms with E-state index in [2.05, 4.69) is 0 Å². The van der Waals surface area contributed by atoms with Crippen molar-refractivity contribution in [2.75, 3.05) is 6.54 Å². The summed E-state index contributed by atoms with van der Waals surface area (Å²) in [6.07, 6.45) is 1.93. The fourth-order valence-corrected chi connectivity index (χ4v) is 3.62. The maximum Gasteiger partial charge on any atom is 0.159 e. The van der Waals surface area contributed by atoms with Crippen molar-refractivity contribution in [3.63, 3.8) is 0 Å². The molecule has 0 amide bonds. The number of furan rings is 1. The van der Waals surface area contributed by atoms with Crippen LogP contribution in [0.25, 0.3) is 0 Å². The van der Waals surface area contributed by atoms with E-state index >= 15 is 0 Å². The molecule has 4 rings (SSSR count). The number of aromatic carboxylic acids is 1. The Morgan fingerprint density at radius 1 is 1.27 bits per heavy atom. The Morgan fingerprint density at radius 2 is 2.12 bits per heavy atom. The number of fused-ring (bicyclic) bond motifs is 1. The van der Waals surface area contributed by atoms with Crippen molar-refractivity contribution in [1.29, 1.82) is 0 Å². The van der Waals surface area contributed by atoms with E-state index in [1.807, 2.05) is 22.9 Å². The molecular weight excluding hydrogens is 342 g/mol. The Labute approximate surface area is 148 Å². The number of carbonyl (C=O) groups excluding carboxylic acids is 1. The Hall–Kier alpha value is -2.93. The zero-order valence-electron chi connectivity index (χ0n) is 13.7. The molecule has 0 radical (unpaired) electrons. The number of hydrogen-bond acceptors (Lipinski definition) is 3. The van der Waals surface area contributed by atoms with Crippen molar-refractivity contribution in [2.24, 2.45) is 0 Å². The van der Waals surface area contributed by atoms with Gasteiger partial charge in [-0.2, -0.15) is 0 Å². The molecule has 1 aliphatic rings. The van der Waals surface area contributed by atoms with Crippen LogP contribution >= 0.6 is 0 Å². The largest absolute Gasteiger partial charge is 0.542 e. The zero-order chi connectivity index (χ0) is 18.3. The standard InChI is InChI=1S/C19H16F2N2O3/c20-12-3-5-14(15(21)10-12)18-16-2-1-7-22(16)8-9-23(18)11-13-4-6-17(26-13)19(24)25/h1-7,10,18H,8-9,11H2,(H,24,25)/t18-/m0/s1. The van der Waals surface area contributed by atoms with Gasteiger partial charge in [0, 0.05) is 12.3 Å². The van der Waals surface area contributed by atoms with Crippen molar-refractivity contribution >= 4 is 5.97 Å². The SMILES string of the molecule is O=C([O-])c1ccc(C[NH+]2CCn3cccc3[C@@H]2c2ccc(F)cc2F)o1. The first-order valence-corrected chi connectivity index (χ1v) is 8.27. The molecule has 0 spiro atoms. The first-order chi connectivity index (χ1) is 12.5. The molecule has 1 unspecified atom stereocenters. The summed E-state index contributed by atoms with van der Waals surface area (Å²) in [6, 6.07) is 10.0. The Bertz CT molecular complexity index is 963. The molecular formula is C19H16F2N2O3. The summed E-state index contributed by atoms with van der Waals surface area (Å²) in [7, 11) is 0. The maximum absolute atomic E-state index is 14.5. The van der Waals surface area contributed by atoms with Gasteiger partial charge in [-0.15, -0.1) is 0 Å². The van der Waals surface area contributed by atoms with E-state index in [1.54, 1.807) is 6.07 Å². The highest BCUT2D eigenvalue weighted by molar-refractivity contribution is 5.82. The van der Waals surface area contributed by atoms with Crippen molar-refractivity contribution in [1.82, 2.24) is 4.57 Å². The lowest BCUT2D eigenvalue weighted by molar-refractivity contribution is -0.944. The lowest BCUT2D eigenvalue weighted by atomic mass is 9.99. The predicted molar refractivity (Wildman–Crippen MR) is 85.2 cm³/mol. The molecule has 134 valence electrons. The van der Waals surface area contributed by atoms with Crippen LogP contribution in [0.15, 0.2) is 53.1 Å². The number of halogens is 2. The van der Waals surface area contributed by atoms with Crippen LogP contribution in [0, 0.1) is 11.6 Å². The summed E-state index contributed by atoms with van der Waals surface area (Å²) >= 11 is 0. The van der Waals surface area contributed by atoms with Gasteiger partial charge in [0.15, 0.2) is 11.8 Å². The van der Waals surface area contributed by atoms with Crippen molar-refractivity contribution in [2.45, 2.75) is 19.1 Å². The highest BCUT2D eigenvalue weighted by Crippen LogP contribution is 2.25. The van der Waals surface area contributed by atoms with E-state index in [0.717, 1.165) is 23.2 Å². The Kier molecular flexibility index (Phi) is 4.08. The van der Waals surface area contributed by atoms with E-state index in [4.69, 9.17) is 4.42 Å². The molecule has 3 aromatic rings. The van der Waals surface area contributed by atoms with Crippen molar-refractivity contribution in [3.05, 3.63) is 83.1 Å². The summed E-state index contributed by atoms with van der Waals surface area (Å²) in [5.74, 6) is -2.35. The second-order valence-electron chi connectivity index (χ2n) is 6.36. The molecule has 26 heavy (non-hydrogen) atoms. The summed E-state index contributed by atoms with van der Waals surface area (Å²) in [4.78, 5) is 11.9. The number of carboxylic acids is 1. The minimum atomic E-state index is -1.38. The van der Waals surface area contributed by atoms with Gasteiger partial charge in [-0.25, -0.2) is 8.78 Å². The number of aromatic nitrogens is 1. The topological polar surface area (TPSA) is 62.6 Å². The summed E-state index contributed by atoms with van der Waals surface area (Å²) in [5, 5.41) is 10.9. The fourth-order valence-electron chi connectivity index (χ4n) is 3.62. The number of quaternary nitrogens is 1. The molecule has 1 aliphatic heterocycles. The fraction of sp³-hybridized carbons (Fsp3) is 0.211. The number of hydrogen-bond donors (Lipinski definition) is 1. The minimum Gasteiger partial charge on any atom is -0.542 e. The molecule has 0 fully saturated rings. The van der Waals surface area contributed by atoms with Crippen LogP contribution in [0.2, 0.25) is 0 Å². The third-order valence-electron chi connectivity index (χ3n) is 4.78. The number of nitrogens with zero attached hydrogens (tertiary/aromatic N) is 1. The number of benzene rings is 1. The van der Waals surface area contributed by atoms with Crippen LogP contribution in [0.4, 0.5) is 8.78 Å². The molecule has 5 nitrogen and oxygen atoms in total. The van der Waals surface area contributed by atoms with Crippen LogP contribution in [0.5, 0.6) is 0 Å². The lowest BCUT2D eigenvalue weighted by Crippen LogP contribution is -3.12.